The molecule has 0 spiro atoms. The van der Waals surface area contributed by atoms with E-state index in [0.717, 1.165) is 0 Å². The summed E-state index contributed by atoms with van der Waals surface area (Å²) < 4.78 is 0. The Balaban J connectivity index is -0.0000000800. The average molecular weight is 228 g/mol. The monoisotopic (exact) mass is 226 g/mol. The number of hydrogen-bond acceptors (Lipinski definition) is 0. The van der Waals surface area contributed by atoms with E-state index in [4.69, 9.17) is 37.2 Å². The molecular formula is H4BCl4NaTi. The standard InChI is InChI=1S/BH3.4ClH.Na.Ti.H/h1H3;4*1H;;;/q;;;;;;+4;/p-4. The van der Waals surface area contributed by atoms with Crippen LogP contribution in [0.4, 0.5) is 0 Å². The normalized spacial score (nSPS) is 8.57. The zero-order valence-corrected chi connectivity index (χ0v) is 6.60. The second kappa shape index (κ2) is 7.05. The van der Waals surface area contributed by atoms with Gasteiger partial charge in [-0.1, -0.05) is 0 Å². The fraction of sp³-hybridized carbons (Fsp3) is 0. The molecule has 0 radical (unpaired) electrons. The summed E-state index contributed by atoms with van der Waals surface area (Å²) in [7, 11) is 20.1. The van der Waals surface area contributed by atoms with Crippen LogP contribution in [0.3, 0.4) is 0 Å². The molecule has 0 saturated carbocycles. The molecule has 0 nitrogen and oxygen atoms in total. The minimum absolute atomic E-state index is 0. The van der Waals surface area contributed by atoms with Gasteiger partial charge in [0.1, 0.15) is 0 Å². The molecule has 0 aromatic carbocycles. The predicted octanol–water partition coefficient (Wildman–Crippen LogP) is 0.923. The van der Waals surface area contributed by atoms with Crippen molar-refractivity contribution in [3.63, 3.8) is 0 Å². The van der Waals surface area contributed by atoms with Gasteiger partial charge in [-0.05, 0) is 0 Å². The second-order valence-electron chi connectivity index (χ2n) is 0.429. The average Bonchev–Trinajstić information content (AvgIpc) is 0.722. The molecule has 0 rings (SSSR count). The van der Waals surface area contributed by atoms with Crippen molar-refractivity contribution in [2.45, 2.75) is 0 Å². The molecule has 7 heavy (non-hydrogen) atoms. The van der Waals surface area contributed by atoms with Crippen LogP contribution in [0.2, 0.25) is 0 Å². The third-order valence-electron chi connectivity index (χ3n) is 0. The van der Waals surface area contributed by atoms with E-state index < -0.39 is 12.3 Å². The van der Waals surface area contributed by atoms with Gasteiger partial charge in [0.05, 0.1) is 8.41 Å². The molecule has 0 aromatic heterocycles. The van der Waals surface area contributed by atoms with Crippen molar-refractivity contribution in [3.05, 3.63) is 0 Å². The molecular weight excluding hydrogens is 223 g/mol. The van der Waals surface area contributed by atoms with Crippen molar-refractivity contribution in [1.29, 1.82) is 0 Å². The van der Waals surface area contributed by atoms with Crippen LogP contribution >= 0.6 is 37.2 Å². The van der Waals surface area contributed by atoms with E-state index in [1.165, 1.54) is 0 Å². The van der Waals surface area contributed by atoms with Crippen molar-refractivity contribution in [2.24, 2.45) is 0 Å². The molecule has 0 amide bonds. The maximum atomic E-state index is 5.01. The molecule has 0 unspecified atom stereocenters. The molecule has 0 aromatic rings. The van der Waals surface area contributed by atoms with Crippen LogP contribution in [0.5, 0.6) is 0 Å². The summed E-state index contributed by atoms with van der Waals surface area (Å²) in [5.41, 5.74) is 0. The van der Waals surface area contributed by atoms with Crippen LogP contribution in [-0.2, 0) is 12.3 Å². The molecule has 7 heteroatoms. The van der Waals surface area contributed by atoms with Crippen molar-refractivity contribution in [3.8, 4) is 0 Å². The third kappa shape index (κ3) is 49.8. The first-order valence-corrected chi connectivity index (χ1v) is 9.35. The fourth-order valence-corrected chi connectivity index (χ4v) is 0. The van der Waals surface area contributed by atoms with E-state index >= 15 is 0 Å². The van der Waals surface area contributed by atoms with E-state index in [1.807, 2.05) is 0 Å². The van der Waals surface area contributed by atoms with Crippen molar-refractivity contribution in [2.75, 3.05) is 0 Å². The predicted molar refractivity (Wildman–Crippen MR) is 40.5 cm³/mol. The Kier molecular flexibility index (Phi) is 16.6. The first-order valence-electron chi connectivity index (χ1n) is 0.756. The topological polar surface area (TPSA) is 0 Å². The quantitative estimate of drug-likeness (QED) is 0.540. The van der Waals surface area contributed by atoms with Crippen LogP contribution in [0.15, 0.2) is 0 Å². The van der Waals surface area contributed by atoms with E-state index in [0.29, 0.717) is 0 Å². The molecule has 0 N–H and O–H groups in total. The first kappa shape index (κ1) is 16.5. The van der Waals surface area contributed by atoms with Gasteiger partial charge in [-0.25, -0.2) is 0 Å². The molecule has 0 aliphatic carbocycles. The van der Waals surface area contributed by atoms with E-state index in [-0.39, 0.29) is 38.0 Å². The molecule has 0 heterocycles. The molecule has 0 aliphatic rings. The molecule has 0 fully saturated rings. The Morgan fingerprint density at radius 1 is 0.857 bits per heavy atom. The van der Waals surface area contributed by atoms with Gasteiger partial charge in [-0.15, -0.1) is 0 Å². The summed E-state index contributed by atoms with van der Waals surface area (Å²) in [6.45, 7) is 0. The van der Waals surface area contributed by atoms with Crippen LogP contribution in [0, 0.1) is 0 Å². The van der Waals surface area contributed by atoms with Gasteiger partial charge in [0.25, 0.3) is 0 Å². The Morgan fingerprint density at radius 2 is 0.857 bits per heavy atom. The van der Waals surface area contributed by atoms with E-state index in [9.17, 15) is 0 Å². The number of hydrogen-bond donors (Lipinski definition) is 0. The molecule has 0 aliphatic heterocycles. The van der Waals surface area contributed by atoms with Gasteiger partial charge >= 0.3 is 79.1 Å². The van der Waals surface area contributed by atoms with Crippen LogP contribution in [0.25, 0.3) is 0 Å². The maximum absolute atomic E-state index is 5.01. The van der Waals surface area contributed by atoms with Crippen LogP contribution in [0.1, 0.15) is 0 Å². The van der Waals surface area contributed by atoms with E-state index in [2.05, 4.69) is 0 Å². The van der Waals surface area contributed by atoms with E-state index in [1.54, 1.807) is 0 Å². The Morgan fingerprint density at radius 3 is 0.857 bits per heavy atom. The van der Waals surface area contributed by atoms with Crippen molar-refractivity contribution in [1.82, 2.24) is 0 Å². The zero-order valence-electron chi connectivity index (χ0n) is 2.01. The van der Waals surface area contributed by atoms with Crippen LogP contribution < -0.4 is 0 Å². The summed E-state index contributed by atoms with van der Waals surface area (Å²) in [5.74, 6) is 0. The second-order valence-corrected chi connectivity index (χ2v) is 15.9. The van der Waals surface area contributed by atoms with Gasteiger partial charge in [0.2, 0.25) is 0 Å². The van der Waals surface area contributed by atoms with Gasteiger partial charge in [0, 0.05) is 0 Å². The Hall–Kier alpha value is 2.94. The molecule has 0 atom stereocenters. The van der Waals surface area contributed by atoms with Gasteiger partial charge in [-0.2, -0.15) is 0 Å². The fourth-order valence-electron chi connectivity index (χ4n) is 0. The summed E-state index contributed by atoms with van der Waals surface area (Å²) in [6, 6.07) is 0. The van der Waals surface area contributed by atoms with Crippen LogP contribution in [-0.4, -0.2) is 38.0 Å². The summed E-state index contributed by atoms with van der Waals surface area (Å²) >= 11 is -3.11. The van der Waals surface area contributed by atoms with Crippen molar-refractivity contribution >= 4 is 75.2 Å². The van der Waals surface area contributed by atoms with Gasteiger partial charge in [-0.3, -0.25) is 0 Å². The number of halogens is 4. The SMILES string of the molecule is B.[Cl][Ti]([Cl])([Cl])[Cl].[NaH]. The summed E-state index contributed by atoms with van der Waals surface area (Å²) in [5, 5.41) is 0. The molecule has 0 bridgehead atoms. The Labute approximate surface area is 85.9 Å². The molecule has 40 valence electrons. The zero-order chi connectivity index (χ0) is 4.50. The molecule has 0 saturated heterocycles. The third-order valence-corrected chi connectivity index (χ3v) is 0. The first-order chi connectivity index (χ1) is 2.00. The van der Waals surface area contributed by atoms with Gasteiger partial charge < -0.3 is 0 Å². The Bertz CT molecular complexity index is 27.2. The summed E-state index contributed by atoms with van der Waals surface area (Å²) in [4.78, 5) is 0. The number of rotatable bonds is 0. The summed E-state index contributed by atoms with van der Waals surface area (Å²) in [6.07, 6.45) is 0. The van der Waals surface area contributed by atoms with Crippen molar-refractivity contribution < 1.29 is 12.3 Å². The van der Waals surface area contributed by atoms with Gasteiger partial charge in [0.15, 0.2) is 0 Å². The minimum atomic E-state index is -3.11.